The molecule has 0 saturated carbocycles. The number of hydrogen-bond donors (Lipinski definition) is 2. The molecule has 0 aromatic heterocycles. The van der Waals surface area contributed by atoms with Crippen molar-refractivity contribution >= 4 is 45.9 Å². The minimum absolute atomic E-state index is 0. The van der Waals surface area contributed by atoms with Crippen LogP contribution in [0, 0.1) is 0 Å². The molecule has 114 valence electrons. The van der Waals surface area contributed by atoms with Crippen LogP contribution in [0.25, 0.3) is 0 Å². The molecule has 0 unspecified atom stereocenters. The molecule has 0 aliphatic heterocycles. The average molecular weight is 456 g/mol. The largest absolute Gasteiger partial charge is 0.383 e. The molecule has 0 aliphatic carbocycles. The summed E-state index contributed by atoms with van der Waals surface area (Å²) in [6.45, 7) is 2.35. The van der Waals surface area contributed by atoms with Gasteiger partial charge in [-0.1, -0.05) is 28.1 Å². The standard InChI is InChI=1S/C14H22BrN3O.HI/c1-16-14(18-9-10-19-2)17-8-4-6-12-5-3-7-13(15)11-12;/h3,5,7,11H,4,6,8-10H2,1-2H3,(H2,16,17,18);1H. The van der Waals surface area contributed by atoms with Gasteiger partial charge in [0, 0.05) is 31.7 Å². The van der Waals surface area contributed by atoms with Gasteiger partial charge in [0.2, 0.25) is 0 Å². The Balaban J connectivity index is 0.00000361. The number of benzene rings is 1. The summed E-state index contributed by atoms with van der Waals surface area (Å²) in [5.41, 5.74) is 1.35. The molecule has 0 bridgehead atoms. The minimum atomic E-state index is 0. The Morgan fingerprint density at radius 2 is 2.05 bits per heavy atom. The molecule has 1 rings (SSSR count). The van der Waals surface area contributed by atoms with Gasteiger partial charge in [-0.05, 0) is 30.5 Å². The average Bonchev–Trinajstić information content (AvgIpc) is 2.41. The molecule has 4 nitrogen and oxygen atoms in total. The highest BCUT2D eigenvalue weighted by Crippen LogP contribution is 2.12. The van der Waals surface area contributed by atoms with Gasteiger partial charge >= 0.3 is 0 Å². The molecule has 0 amide bonds. The molecule has 0 heterocycles. The van der Waals surface area contributed by atoms with E-state index in [4.69, 9.17) is 4.74 Å². The molecule has 0 spiro atoms. The molecular weight excluding hydrogens is 433 g/mol. The van der Waals surface area contributed by atoms with Crippen molar-refractivity contribution in [3.63, 3.8) is 0 Å². The van der Waals surface area contributed by atoms with Crippen LogP contribution in [0.5, 0.6) is 0 Å². The molecule has 6 heteroatoms. The van der Waals surface area contributed by atoms with E-state index < -0.39 is 0 Å². The van der Waals surface area contributed by atoms with Crippen LogP contribution in [0.2, 0.25) is 0 Å². The van der Waals surface area contributed by atoms with Gasteiger partial charge in [0.05, 0.1) is 6.61 Å². The van der Waals surface area contributed by atoms with Crippen LogP contribution in [0.4, 0.5) is 0 Å². The molecule has 0 atom stereocenters. The first kappa shape index (κ1) is 19.7. The van der Waals surface area contributed by atoms with Crippen LogP contribution in [0.3, 0.4) is 0 Å². The van der Waals surface area contributed by atoms with Gasteiger partial charge in [-0.3, -0.25) is 4.99 Å². The maximum atomic E-state index is 4.98. The number of aliphatic imine (C=N–C) groups is 1. The van der Waals surface area contributed by atoms with Crippen molar-refractivity contribution in [3.05, 3.63) is 34.3 Å². The zero-order chi connectivity index (χ0) is 13.9. The van der Waals surface area contributed by atoms with Crippen molar-refractivity contribution < 1.29 is 4.74 Å². The number of ether oxygens (including phenoxy) is 1. The maximum absolute atomic E-state index is 4.98. The number of hydrogen-bond acceptors (Lipinski definition) is 2. The molecule has 1 aromatic rings. The van der Waals surface area contributed by atoms with Gasteiger partial charge in [-0.15, -0.1) is 24.0 Å². The third-order valence-electron chi connectivity index (χ3n) is 2.65. The molecule has 20 heavy (non-hydrogen) atoms. The van der Waals surface area contributed by atoms with E-state index in [0.717, 1.165) is 36.4 Å². The molecule has 2 N–H and O–H groups in total. The van der Waals surface area contributed by atoms with Crippen LogP contribution in [-0.2, 0) is 11.2 Å². The Morgan fingerprint density at radius 3 is 2.70 bits per heavy atom. The van der Waals surface area contributed by atoms with E-state index in [9.17, 15) is 0 Å². The normalized spacial score (nSPS) is 10.8. The number of aryl methyl sites for hydroxylation is 1. The van der Waals surface area contributed by atoms with Crippen LogP contribution in [-0.4, -0.2) is 39.8 Å². The summed E-state index contributed by atoms with van der Waals surface area (Å²) in [7, 11) is 3.46. The number of halogens is 2. The van der Waals surface area contributed by atoms with Crippen molar-refractivity contribution in [1.29, 1.82) is 0 Å². The number of nitrogens with one attached hydrogen (secondary N) is 2. The SMILES string of the molecule is CN=C(NCCCc1cccc(Br)c1)NCCOC.I. The van der Waals surface area contributed by atoms with Gasteiger partial charge in [0.25, 0.3) is 0 Å². The summed E-state index contributed by atoms with van der Waals surface area (Å²) in [6, 6.07) is 8.42. The Kier molecular flexibility index (Phi) is 12.2. The zero-order valence-electron chi connectivity index (χ0n) is 12.0. The summed E-state index contributed by atoms with van der Waals surface area (Å²) in [5, 5.41) is 6.47. The lowest BCUT2D eigenvalue weighted by Crippen LogP contribution is -2.39. The second kappa shape index (κ2) is 12.4. The van der Waals surface area contributed by atoms with Gasteiger partial charge in [0.1, 0.15) is 0 Å². The van der Waals surface area contributed by atoms with E-state index in [1.54, 1.807) is 14.2 Å². The third-order valence-corrected chi connectivity index (χ3v) is 3.14. The zero-order valence-corrected chi connectivity index (χ0v) is 15.9. The summed E-state index contributed by atoms with van der Waals surface area (Å²) in [4.78, 5) is 4.15. The van der Waals surface area contributed by atoms with Crippen LogP contribution < -0.4 is 10.6 Å². The van der Waals surface area contributed by atoms with Gasteiger partial charge in [-0.25, -0.2) is 0 Å². The number of nitrogens with zero attached hydrogens (tertiary/aromatic N) is 1. The van der Waals surface area contributed by atoms with Crippen molar-refractivity contribution in [2.45, 2.75) is 12.8 Å². The van der Waals surface area contributed by atoms with E-state index in [1.165, 1.54) is 5.56 Å². The molecule has 0 aliphatic rings. The molecule has 0 saturated heterocycles. The minimum Gasteiger partial charge on any atom is -0.383 e. The fraction of sp³-hybridized carbons (Fsp3) is 0.500. The lowest BCUT2D eigenvalue weighted by molar-refractivity contribution is 0.203. The molecule has 0 radical (unpaired) electrons. The lowest BCUT2D eigenvalue weighted by Gasteiger charge is -2.11. The van der Waals surface area contributed by atoms with E-state index >= 15 is 0 Å². The number of guanidine groups is 1. The Labute approximate surface area is 146 Å². The Hall–Kier alpha value is -0.340. The maximum Gasteiger partial charge on any atom is 0.191 e. The van der Waals surface area contributed by atoms with Gasteiger partial charge in [0.15, 0.2) is 5.96 Å². The van der Waals surface area contributed by atoms with Crippen LogP contribution in [0.1, 0.15) is 12.0 Å². The van der Waals surface area contributed by atoms with E-state index in [0.29, 0.717) is 6.61 Å². The van der Waals surface area contributed by atoms with Crippen molar-refractivity contribution in [2.75, 3.05) is 33.9 Å². The fourth-order valence-corrected chi connectivity index (χ4v) is 2.13. The lowest BCUT2D eigenvalue weighted by atomic mass is 10.1. The summed E-state index contributed by atoms with van der Waals surface area (Å²) in [6.07, 6.45) is 2.13. The Bertz CT molecular complexity index is 402. The topological polar surface area (TPSA) is 45.7 Å². The summed E-state index contributed by atoms with van der Waals surface area (Å²) >= 11 is 3.48. The van der Waals surface area contributed by atoms with Gasteiger partial charge < -0.3 is 15.4 Å². The van der Waals surface area contributed by atoms with Crippen molar-refractivity contribution in [2.24, 2.45) is 4.99 Å². The van der Waals surface area contributed by atoms with Crippen LogP contribution >= 0.6 is 39.9 Å². The predicted molar refractivity (Wildman–Crippen MR) is 99.1 cm³/mol. The second-order valence-corrected chi connectivity index (χ2v) is 5.07. The highest BCUT2D eigenvalue weighted by Gasteiger charge is 1.97. The first-order valence-corrected chi connectivity index (χ1v) is 7.23. The van der Waals surface area contributed by atoms with Crippen molar-refractivity contribution in [1.82, 2.24) is 10.6 Å². The van der Waals surface area contributed by atoms with E-state index in [2.05, 4.69) is 49.8 Å². The second-order valence-electron chi connectivity index (χ2n) is 4.15. The molecule has 0 fully saturated rings. The van der Waals surface area contributed by atoms with Gasteiger partial charge in [-0.2, -0.15) is 0 Å². The molecular formula is C14H23BrIN3O. The van der Waals surface area contributed by atoms with Crippen LogP contribution in [0.15, 0.2) is 33.7 Å². The highest BCUT2D eigenvalue weighted by atomic mass is 127. The van der Waals surface area contributed by atoms with E-state index in [1.807, 2.05) is 6.07 Å². The smallest absolute Gasteiger partial charge is 0.191 e. The van der Waals surface area contributed by atoms with Crippen molar-refractivity contribution in [3.8, 4) is 0 Å². The third kappa shape index (κ3) is 8.76. The number of rotatable bonds is 7. The Morgan fingerprint density at radius 1 is 1.30 bits per heavy atom. The summed E-state index contributed by atoms with van der Waals surface area (Å²) in [5.74, 6) is 0.825. The highest BCUT2D eigenvalue weighted by molar-refractivity contribution is 14.0. The first-order chi connectivity index (χ1) is 9.26. The molecule has 1 aromatic carbocycles. The number of methoxy groups -OCH3 is 1. The quantitative estimate of drug-likeness (QED) is 0.287. The predicted octanol–water partition coefficient (Wildman–Crippen LogP) is 2.81. The fourth-order valence-electron chi connectivity index (χ4n) is 1.68. The monoisotopic (exact) mass is 455 g/mol. The first-order valence-electron chi connectivity index (χ1n) is 6.44. The summed E-state index contributed by atoms with van der Waals surface area (Å²) < 4.78 is 6.12. The van der Waals surface area contributed by atoms with E-state index in [-0.39, 0.29) is 24.0 Å².